The number of nitrogens with one attached hydrogen (secondary N) is 1. The van der Waals surface area contributed by atoms with E-state index in [0.29, 0.717) is 5.56 Å². The van der Waals surface area contributed by atoms with Crippen molar-refractivity contribution in [2.75, 3.05) is 5.32 Å². The maximum atomic E-state index is 13.7. The molecule has 112 valence electrons. The monoisotopic (exact) mass is 285 g/mol. The molecule has 0 amide bonds. The van der Waals surface area contributed by atoms with Gasteiger partial charge in [-0.05, 0) is 36.5 Å². The summed E-state index contributed by atoms with van der Waals surface area (Å²) in [6, 6.07) is 15.7. The van der Waals surface area contributed by atoms with Gasteiger partial charge in [0.05, 0.1) is 6.04 Å². The van der Waals surface area contributed by atoms with Crippen LogP contribution in [0.1, 0.15) is 44.4 Å². The number of benzene rings is 2. The Bertz CT molecular complexity index is 584. The van der Waals surface area contributed by atoms with Gasteiger partial charge in [-0.2, -0.15) is 0 Å². The fourth-order valence-corrected chi connectivity index (χ4v) is 2.50. The zero-order valence-electron chi connectivity index (χ0n) is 13.3. The van der Waals surface area contributed by atoms with Crippen molar-refractivity contribution < 1.29 is 4.39 Å². The summed E-state index contributed by atoms with van der Waals surface area (Å²) in [6.07, 6.45) is 0.979. The van der Waals surface area contributed by atoms with Gasteiger partial charge in [0.2, 0.25) is 0 Å². The molecule has 2 rings (SSSR count). The van der Waals surface area contributed by atoms with Crippen LogP contribution in [0.4, 0.5) is 10.1 Å². The van der Waals surface area contributed by atoms with E-state index in [2.05, 4.69) is 38.2 Å². The Morgan fingerprint density at radius 2 is 1.67 bits per heavy atom. The first kappa shape index (κ1) is 15.6. The van der Waals surface area contributed by atoms with Crippen molar-refractivity contribution in [3.63, 3.8) is 0 Å². The summed E-state index contributed by atoms with van der Waals surface area (Å²) in [6.45, 7) is 8.49. The lowest BCUT2D eigenvalue weighted by molar-refractivity contribution is 0.352. The maximum Gasteiger partial charge on any atom is 0.128 e. The van der Waals surface area contributed by atoms with Crippen molar-refractivity contribution >= 4 is 5.69 Å². The lowest BCUT2D eigenvalue weighted by Crippen LogP contribution is -2.19. The highest BCUT2D eigenvalue weighted by Gasteiger charge is 2.21. The van der Waals surface area contributed by atoms with Gasteiger partial charge in [-0.3, -0.25) is 0 Å². The Kier molecular flexibility index (Phi) is 4.66. The van der Waals surface area contributed by atoms with E-state index in [1.807, 2.05) is 31.2 Å². The minimum absolute atomic E-state index is 0.164. The molecule has 1 unspecified atom stereocenters. The Morgan fingerprint density at radius 1 is 1.00 bits per heavy atom. The molecule has 2 aromatic carbocycles. The minimum Gasteiger partial charge on any atom is -0.378 e. The molecular weight excluding hydrogens is 261 g/mol. The van der Waals surface area contributed by atoms with E-state index in [1.54, 1.807) is 6.07 Å². The average Bonchev–Trinajstić information content (AvgIpc) is 2.42. The Morgan fingerprint density at radius 3 is 2.29 bits per heavy atom. The smallest absolute Gasteiger partial charge is 0.128 e. The van der Waals surface area contributed by atoms with E-state index in [1.165, 1.54) is 11.6 Å². The highest BCUT2D eigenvalue weighted by Crippen LogP contribution is 2.33. The Hall–Kier alpha value is -1.83. The molecule has 0 radical (unpaired) electrons. The van der Waals surface area contributed by atoms with Crippen molar-refractivity contribution in [2.24, 2.45) is 5.41 Å². The van der Waals surface area contributed by atoms with E-state index in [-0.39, 0.29) is 17.3 Å². The summed E-state index contributed by atoms with van der Waals surface area (Å²) in [7, 11) is 0. The predicted molar refractivity (Wildman–Crippen MR) is 88.0 cm³/mol. The number of anilines is 1. The Balaban J connectivity index is 2.30. The first-order valence-electron chi connectivity index (χ1n) is 7.43. The first-order valence-corrected chi connectivity index (χ1v) is 7.43. The van der Waals surface area contributed by atoms with Gasteiger partial charge >= 0.3 is 0 Å². The van der Waals surface area contributed by atoms with Gasteiger partial charge in [-0.15, -0.1) is 0 Å². The van der Waals surface area contributed by atoms with Crippen LogP contribution in [0.2, 0.25) is 0 Å². The molecule has 0 heterocycles. The molecule has 21 heavy (non-hydrogen) atoms. The van der Waals surface area contributed by atoms with Gasteiger partial charge in [0.1, 0.15) is 5.82 Å². The van der Waals surface area contributed by atoms with Crippen molar-refractivity contribution in [1.29, 1.82) is 0 Å². The third-order valence-corrected chi connectivity index (χ3v) is 3.62. The summed E-state index contributed by atoms with van der Waals surface area (Å²) >= 11 is 0. The number of hydrogen-bond acceptors (Lipinski definition) is 1. The molecule has 0 aliphatic heterocycles. The molecule has 1 nitrogen and oxygen atoms in total. The van der Waals surface area contributed by atoms with Gasteiger partial charge in [-0.25, -0.2) is 4.39 Å². The molecule has 0 aliphatic carbocycles. The van der Waals surface area contributed by atoms with Gasteiger partial charge in [0, 0.05) is 11.3 Å². The van der Waals surface area contributed by atoms with E-state index in [4.69, 9.17) is 0 Å². The molecule has 1 atom stereocenters. The molecule has 0 spiro atoms. The van der Waals surface area contributed by atoms with Gasteiger partial charge in [0.25, 0.3) is 0 Å². The second-order valence-corrected chi connectivity index (χ2v) is 6.78. The zero-order chi connectivity index (χ0) is 15.5. The molecule has 0 bridgehead atoms. The van der Waals surface area contributed by atoms with E-state index >= 15 is 0 Å². The fourth-order valence-electron chi connectivity index (χ4n) is 2.50. The van der Waals surface area contributed by atoms with Crippen molar-refractivity contribution in [1.82, 2.24) is 0 Å². The number of hydrogen-bond donors (Lipinski definition) is 1. The summed E-state index contributed by atoms with van der Waals surface area (Å²) in [4.78, 5) is 0. The second kappa shape index (κ2) is 6.30. The zero-order valence-corrected chi connectivity index (χ0v) is 13.3. The molecule has 0 aliphatic rings. The summed E-state index contributed by atoms with van der Waals surface area (Å²) < 4.78 is 13.7. The quantitative estimate of drug-likeness (QED) is 0.757. The van der Waals surface area contributed by atoms with Crippen LogP contribution >= 0.6 is 0 Å². The van der Waals surface area contributed by atoms with Crippen LogP contribution in [0.15, 0.2) is 48.5 Å². The van der Waals surface area contributed by atoms with Gasteiger partial charge in [0.15, 0.2) is 0 Å². The predicted octanol–water partition coefficient (Wildman–Crippen LogP) is 5.72. The van der Waals surface area contributed by atoms with Crippen LogP contribution in [-0.4, -0.2) is 0 Å². The SMILES string of the molecule is Cc1c(F)cccc1NC(CC(C)(C)C)c1ccccc1. The van der Waals surface area contributed by atoms with Crippen LogP contribution in [0.3, 0.4) is 0 Å². The average molecular weight is 285 g/mol. The molecular formula is C19H24FN. The van der Waals surface area contributed by atoms with Crippen LogP contribution < -0.4 is 5.32 Å². The summed E-state index contributed by atoms with van der Waals surface area (Å²) in [5.74, 6) is -0.164. The largest absolute Gasteiger partial charge is 0.378 e. The highest BCUT2D eigenvalue weighted by molar-refractivity contribution is 5.52. The highest BCUT2D eigenvalue weighted by atomic mass is 19.1. The standard InChI is InChI=1S/C19H24FN/c1-14-16(20)11-8-12-17(14)21-18(13-19(2,3)4)15-9-6-5-7-10-15/h5-12,18,21H,13H2,1-4H3. The fraction of sp³-hybridized carbons (Fsp3) is 0.368. The lowest BCUT2D eigenvalue weighted by atomic mass is 9.85. The topological polar surface area (TPSA) is 12.0 Å². The van der Waals surface area contributed by atoms with Gasteiger partial charge in [-0.1, -0.05) is 57.2 Å². The van der Waals surface area contributed by atoms with Crippen molar-refractivity contribution in [3.05, 3.63) is 65.5 Å². The molecule has 2 heteroatoms. The van der Waals surface area contributed by atoms with Crippen molar-refractivity contribution in [3.8, 4) is 0 Å². The molecule has 2 aromatic rings. The van der Waals surface area contributed by atoms with Gasteiger partial charge < -0.3 is 5.32 Å². The second-order valence-electron chi connectivity index (χ2n) is 6.78. The lowest BCUT2D eigenvalue weighted by Gasteiger charge is -2.28. The third-order valence-electron chi connectivity index (χ3n) is 3.62. The molecule has 0 saturated heterocycles. The third kappa shape index (κ3) is 4.32. The van der Waals surface area contributed by atoms with E-state index in [0.717, 1.165) is 12.1 Å². The minimum atomic E-state index is -0.164. The number of halogens is 1. The van der Waals surface area contributed by atoms with Crippen LogP contribution in [-0.2, 0) is 0 Å². The molecule has 0 aromatic heterocycles. The van der Waals surface area contributed by atoms with Crippen molar-refractivity contribution in [2.45, 2.75) is 40.2 Å². The summed E-state index contributed by atoms with van der Waals surface area (Å²) in [5, 5.41) is 3.52. The van der Waals surface area contributed by atoms with Crippen LogP contribution in [0.5, 0.6) is 0 Å². The molecule has 0 saturated carbocycles. The van der Waals surface area contributed by atoms with E-state index in [9.17, 15) is 4.39 Å². The first-order chi connectivity index (χ1) is 9.87. The normalized spacial score (nSPS) is 13.0. The molecule has 1 N–H and O–H groups in total. The van der Waals surface area contributed by atoms with Crippen LogP contribution in [0, 0.1) is 18.2 Å². The van der Waals surface area contributed by atoms with Crippen LogP contribution in [0.25, 0.3) is 0 Å². The Labute approximate surface area is 127 Å². The van der Waals surface area contributed by atoms with E-state index < -0.39 is 0 Å². The molecule has 0 fully saturated rings. The number of rotatable bonds is 4. The summed E-state index contributed by atoms with van der Waals surface area (Å²) in [5.41, 5.74) is 2.96. The maximum absolute atomic E-state index is 13.7.